The number of hydrogen-bond donors (Lipinski definition) is 0. The van der Waals surface area contributed by atoms with Gasteiger partial charge >= 0.3 is 0 Å². The first kappa shape index (κ1) is 16.0. The van der Waals surface area contributed by atoms with E-state index in [1.165, 1.54) is 18.4 Å². The molecule has 1 heterocycles. The number of likely N-dealkylation sites (tertiary alicyclic amines) is 1. The summed E-state index contributed by atoms with van der Waals surface area (Å²) in [5.74, 6) is 0.699. The van der Waals surface area contributed by atoms with Crippen LogP contribution >= 0.6 is 0 Å². The number of carbonyl (C=O) groups excluding carboxylic acids is 2. The third-order valence-corrected chi connectivity index (χ3v) is 5.32. The Morgan fingerprint density at radius 2 is 1.96 bits per heavy atom. The molecule has 0 aromatic heterocycles. The van der Waals surface area contributed by atoms with Crippen LogP contribution in [-0.2, 0) is 16.1 Å². The molecule has 0 spiro atoms. The maximum atomic E-state index is 12.7. The summed E-state index contributed by atoms with van der Waals surface area (Å²) in [6.45, 7) is 5.32. The molecule has 1 aliphatic heterocycles. The monoisotopic (exact) mass is 314 g/mol. The van der Waals surface area contributed by atoms with Crippen molar-refractivity contribution in [3.05, 3.63) is 35.4 Å². The Morgan fingerprint density at radius 3 is 2.57 bits per heavy atom. The van der Waals surface area contributed by atoms with Crippen LogP contribution in [0.5, 0.6) is 0 Å². The summed E-state index contributed by atoms with van der Waals surface area (Å²) < 4.78 is 0. The van der Waals surface area contributed by atoms with Crippen LogP contribution in [0.4, 0.5) is 0 Å². The summed E-state index contributed by atoms with van der Waals surface area (Å²) in [4.78, 5) is 28.6. The number of carbonyl (C=O) groups is 2. The molecule has 0 radical (unpaired) electrons. The van der Waals surface area contributed by atoms with Crippen LogP contribution in [0.3, 0.4) is 0 Å². The molecule has 0 unspecified atom stereocenters. The summed E-state index contributed by atoms with van der Waals surface area (Å²) in [5, 5.41) is 0. The van der Waals surface area contributed by atoms with Crippen molar-refractivity contribution in [2.24, 2.45) is 11.8 Å². The number of nitrogens with zero attached hydrogens (tertiary/aromatic N) is 2. The first-order chi connectivity index (χ1) is 11.0. The minimum atomic E-state index is -0.181. The largest absolute Gasteiger partial charge is 0.342 e. The zero-order valence-electron chi connectivity index (χ0n) is 14.3. The van der Waals surface area contributed by atoms with Gasteiger partial charge in [0.15, 0.2) is 0 Å². The third-order valence-electron chi connectivity index (χ3n) is 5.32. The van der Waals surface area contributed by atoms with Crippen LogP contribution in [0.2, 0.25) is 0 Å². The topological polar surface area (TPSA) is 40.6 Å². The van der Waals surface area contributed by atoms with Gasteiger partial charge in [-0.25, -0.2) is 0 Å². The fourth-order valence-electron chi connectivity index (χ4n) is 3.39. The van der Waals surface area contributed by atoms with Crippen molar-refractivity contribution in [1.82, 2.24) is 9.80 Å². The summed E-state index contributed by atoms with van der Waals surface area (Å²) in [6, 6.07) is 8.52. The molecular formula is C19H26N2O2. The molecule has 1 saturated carbocycles. The van der Waals surface area contributed by atoms with Gasteiger partial charge in [0.05, 0.1) is 5.92 Å². The van der Waals surface area contributed by atoms with Crippen molar-refractivity contribution in [2.45, 2.75) is 45.7 Å². The summed E-state index contributed by atoms with van der Waals surface area (Å²) in [5.41, 5.74) is 2.34. The highest BCUT2D eigenvalue weighted by Gasteiger charge is 2.39. The smallest absolute Gasteiger partial charge is 0.227 e. The van der Waals surface area contributed by atoms with Crippen molar-refractivity contribution in [3.63, 3.8) is 0 Å². The molecule has 2 aliphatic rings. The van der Waals surface area contributed by atoms with Gasteiger partial charge in [-0.15, -0.1) is 0 Å². The van der Waals surface area contributed by atoms with E-state index in [1.54, 1.807) is 0 Å². The van der Waals surface area contributed by atoms with Crippen molar-refractivity contribution in [2.75, 3.05) is 13.6 Å². The van der Waals surface area contributed by atoms with Crippen molar-refractivity contribution in [3.8, 4) is 0 Å². The number of hydrogen-bond acceptors (Lipinski definition) is 2. The summed E-state index contributed by atoms with van der Waals surface area (Å²) in [6.07, 6.45) is 2.80. The highest BCUT2D eigenvalue weighted by molar-refractivity contribution is 5.89. The van der Waals surface area contributed by atoms with Crippen LogP contribution < -0.4 is 0 Å². The third kappa shape index (κ3) is 3.57. The van der Waals surface area contributed by atoms with Gasteiger partial charge in [-0.05, 0) is 38.2 Å². The fraction of sp³-hybridized carbons (Fsp3) is 0.579. The van der Waals surface area contributed by atoms with E-state index in [1.807, 2.05) is 16.8 Å². The minimum absolute atomic E-state index is 0.0939. The van der Waals surface area contributed by atoms with Crippen LogP contribution in [0.15, 0.2) is 24.3 Å². The quantitative estimate of drug-likeness (QED) is 0.838. The Morgan fingerprint density at radius 1 is 1.30 bits per heavy atom. The van der Waals surface area contributed by atoms with E-state index in [2.05, 4.69) is 38.1 Å². The van der Waals surface area contributed by atoms with E-state index in [0.29, 0.717) is 31.5 Å². The fourth-order valence-corrected chi connectivity index (χ4v) is 3.39. The van der Waals surface area contributed by atoms with E-state index in [4.69, 9.17) is 0 Å². The molecule has 23 heavy (non-hydrogen) atoms. The van der Waals surface area contributed by atoms with E-state index < -0.39 is 0 Å². The lowest BCUT2D eigenvalue weighted by atomic mass is 10.1. The van der Waals surface area contributed by atoms with Gasteiger partial charge in [-0.2, -0.15) is 0 Å². The summed E-state index contributed by atoms with van der Waals surface area (Å²) in [7, 11) is 1.89. The standard InChI is InChI=1S/C19H26N2O2/c1-13-4-6-15(7-5-13)11-21-12-17(10-18(21)22)19(23)20(3)14(2)16-8-9-16/h4-7,14,16-17H,8-12H2,1-3H3/t14-,17-/m1/s1. The van der Waals surface area contributed by atoms with Gasteiger partial charge in [-0.3, -0.25) is 9.59 Å². The number of benzene rings is 1. The molecule has 2 amide bonds. The maximum absolute atomic E-state index is 12.7. The SMILES string of the molecule is Cc1ccc(CN2C[C@H](C(=O)N(C)[C@H](C)C3CC3)CC2=O)cc1. The van der Waals surface area contributed by atoms with Crippen LogP contribution in [0, 0.1) is 18.8 Å². The maximum Gasteiger partial charge on any atom is 0.227 e. The molecule has 0 bridgehead atoms. The highest BCUT2D eigenvalue weighted by atomic mass is 16.2. The van der Waals surface area contributed by atoms with Gasteiger partial charge in [0.2, 0.25) is 11.8 Å². The molecular weight excluding hydrogens is 288 g/mol. The Bertz CT molecular complexity index is 592. The van der Waals surface area contributed by atoms with E-state index >= 15 is 0 Å². The Balaban J connectivity index is 1.60. The molecule has 1 aliphatic carbocycles. The van der Waals surface area contributed by atoms with Crippen LogP contribution in [0.1, 0.15) is 37.3 Å². The second-order valence-corrected chi connectivity index (χ2v) is 7.19. The number of aryl methyl sites for hydroxylation is 1. The first-order valence-electron chi connectivity index (χ1n) is 8.55. The average molecular weight is 314 g/mol. The zero-order chi connectivity index (χ0) is 16.6. The Hall–Kier alpha value is -1.84. The van der Waals surface area contributed by atoms with Gasteiger partial charge in [-0.1, -0.05) is 29.8 Å². The predicted molar refractivity (Wildman–Crippen MR) is 89.7 cm³/mol. The zero-order valence-corrected chi connectivity index (χ0v) is 14.3. The van der Waals surface area contributed by atoms with Crippen molar-refractivity contribution < 1.29 is 9.59 Å². The predicted octanol–water partition coefficient (Wildman–Crippen LogP) is 2.60. The number of amides is 2. The van der Waals surface area contributed by atoms with Crippen molar-refractivity contribution in [1.29, 1.82) is 0 Å². The van der Waals surface area contributed by atoms with Crippen LogP contribution in [-0.4, -0.2) is 41.2 Å². The molecule has 1 aromatic carbocycles. The van der Waals surface area contributed by atoms with E-state index in [-0.39, 0.29) is 17.7 Å². The van der Waals surface area contributed by atoms with Gasteiger partial charge in [0.25, 0.3) is 0 Å². The van der Waals surface area contributed by atoms with Gasteiger partial charge in [0.1, 0.15) is 0 Å². The Labute approximate surface area is 138 Å². The van der Waals surface area contributed by atoms with Gasteiger partial charge in [0, 0.05) is 32.6 Å². The Kier molecular flexibility index (Phi) is 4.42. The summed E-state index contributed by atoms with van der Waals surface area (Å²) >= 11 is 0. The molecule has 4 nitrogen and oxygen atoms in total. The molecule has 2 fully saturated rings. The molecule has 1 saturated heterocycles. The van der Waals surface area contributed by atoms with Crippen LogP contribution in [0.25, 0.3) is 0 Å². The number of rotatable bonds is 5. The lowest BCUT2D eigenvalue weighted by Crippen LogP contribution is -2.41. The molecule has 3 rings (SSSR count). The second-order valence-electron chi connectivity index (χ2n) is 7.19. The minimum Gasteiger partial charge on any atom is -0.342 e. The van der Waals surface area contributed by atoms with Gasteiger partial charge < -0.3 is 9.80 Å². The molecule has 2 atom stereocenters. The lowest BCUT2D eigenvalue weighted by molar-refractivity contribution is -0.136. The molecule has 1 aromatic rings. The normalized spacial score (nSPS) is 22.3. The first-order valence-corrected chi connectivity index (χ1v) is 8.55. The molecule has 124 valence electrons. The van der Waals surface area contributed by atoms with Crippen molar-refractivity contribution >= 4 is 11.8 Å². The van der Waals surface area contributed by atoms with E-state index in [0.717, 1.165) is 5.56 Å². The molecule has 0 N–H and O–H groups in total. The highest BCUT2D eigenvalue weighted by Crippen LogP contribution is 2.35. The second kappa shape index (κ2) is 6.34. The average Bonchev–Trinajstić information content (AvgIpc) is 3.32. The lowest BCUT2D eigenvalue weighted by Gasteiger charge is -2.27. The molecule has 4 heteroatoms. The van der Waals surface area contributed by atoms with E-state index in [9.17, 15) is 9.59 Å².